The molecule has 1 rings (SSSR count). The van der Waals surface area contributed by atoms with Gasteiger partial charge in [0.05, 0.1) is 12.7 Å². The quantitative estimate of drug-likeness (QED) is 0.888. The molecule has 0 fully saturated rings. The highest BCUT2D eigenvalue weighted by molar-refractivity contribution is 9.10. The molecule has 0 bridgehead atoms. The number of nitrogens with zero attached hydrogens (tertiary/aromatic N) is 1. The molecule has 5 heteroatoms. The largest absolute Gasteiger partial charge is 0.481 e. The van der Waals surface area contributed by atoms with Gasteiger partial charge in [-0.1, -0.05) is 0 Å². The van der Waals surface area contributed by atoms with Crippen molar-refractivity contribution in [2.45, 2.75) is 6.17 Å². The van der Waals surface area contributed by atoms with Crippen LogP contribution in [0.2, 0.25) is 0 Å². The van der Waals surface area contributed by atoms with Gasteiger partial charge in [-0.3, -0.25) is 0 Å². The summed E-state index contributed by atoms with van der Waals surface area (Å²) >= 11 is 3.20. The van der Waals surface area contributed by atoms with E-state index in [9.17, 15) is 4.39 Å². The van der Waals surface area contributed by atoms with Gasteiger partial charge in [0.15, 0.2) is 0 Å². The maximum atomic E-state index is 13.2. The second kappa shape index (κ2) is 4.53. The van der Waals surface area contributed by atoms with Crippen LogP contribution in [-0.4, -0.2) is 18.6 Å². The smallest absolute Gasteiger partial charge is 0.219 e. The summed E-state index contributed by atoms with van der Waals surface area (Å²) in [7, 11) is 1.45. The van der Waals surface area contributed by atoms with Gasteiger partial charge in [0, 0.05) is 17.2 Å². The molecule has 1 aromatic heterocycles. The lowest BCUT2D eigenvalue weighted by atomic mass is 10.2. The number of ether oxygens (including phenoxy) is 1. The van der Waals surface area contributed by atoms with E-state index in [0.29, 0.717) is 10.0 Å². The average molecular weight is 249 g/mol. The normalized spacial score (nSPS) is 12.6. The SMILES string of the molecule is COc1ncc(Br)cc1C(F)CN. The number of alkyl halides is 1. The van der Waals surface area contributed by atoms with Crippen LogP contribution in [0.5, 0.6) is 5.88 Å². The van der Waals surface area contributed by atoms with Crippen molar-refractivity contribution in [3.8, 4) is 5.88 Å². The highest BCUT2D eigenvalue weighted by atomic mass is 79.9. The second-order valence-corrected chi connectivity index (χ2v) is 3.37. The molecule has 0 aliphatic carbocycles. The minimum Gasteiger partial charge on any atom is -0.481 e. The van der Waals surface area contributed by atoms with E-state index in [1.54, 1.807) is 12.3 Å². The fourth-order valence-electron chi connectivity index (χ4n) is 0.964. The van der Waals surface area contributed by atoms with Crippen molar-refractivity contribution in [2.24, 2.45) is 5.73 Å². The van der Waals surface area contributed by atoms with Gasteiger partial charge >= 0.3 is 0 Å². The van der Waals surface area contributed by atoms with E-state index in [-0.39, 0.29) is 12.4 Å². The molecule has 1 heterocycles. The zero-order valence-electron chi connectivity index (χ0n) is 7.13. The molecule has 72 valence electrons. The number of hydrogen-bond donors (Lipinski definition) is 1. The number of aromatic nitrogens is 1. The van der Waals surface area contributed by atoms with Crippen LogP contribution in [0.1, 0.15) is 11.7 Å². The van der Waals surface area contributed by atoms with E-state index < -0.39 is 6.17 Å². The topological polar surface area (TPSA) is 48.1 Å². The summed E-state index contributed by atoms with van der Waals surface area (Å²) in [6.07, 6.45) is 0.311. The van der Waals surface area contributed by atoms with E-state index in [1.165, 1.54) is 7.11 Å². The van der Waals surface area contributed by atoms with Crippen molar-refractivity contribution in [3.63, 3.8) is 0 Å². The fourth-order valence-corrected chi connectivity index (χ4v) is 1.31. The molecular weight excluding hydrogens is 239 g/mol. The summed E-state index contributed by atoms with van der Waals surface area (Å²) in [5.41, 5.74) is 5.58. The van der Waals surface area contributed by atoms with Crippen LogP contribution in [0.25, 0.3) is 0 Å². The van der Waals surface area contributed by atoms with Crippen molar-refractivity contribution < 1.29 is 9.13 Å². The molecule has 0 amide bonds. The van der Waals surface area contributed by atoms with Gasteiger partial charge in [-0.15, -0.1) is 0 Å². The van der Waals surface area contributed by atoms with Gasteiger partial charge in [0.2, 0.25) is 5.88 Å². The number of halogens is 2. The summed E-state index contributed by atoms with van der Waals surface area (Å²) in [4.78, 5) is 3.90. The van der Waals surface area contributed by atoms with Crippen LogP contribution in [-0.2, 0) is 0 Å². The second-order valence-electron chi connectivity index (χ2n) is 2.46. The minimum absolute atomic E-state index is 0.0749. The third-order valence-corrected chi connectivity index (χ3v) is 2.02. The molecule has 13 heavy (non-hydrogen) atoms. The van der Waals surface area contributed by atoms with Crippen LogP contribution in [0.15, 0.2) is 16.7 Å². The molecule has 1 atom stereocenters. The van der Waals surface area contributed by atoms with E-state index in [2.05, 4.69) is 20.9 Å². The molecule has 0 aromatic carbocycles. The summed E-state index contributed by atoms with van der Waals surface area (Å²) in [5.74, 6) is 0.279. The summed E-state index contributed by atoms with van der Waals surface area (Å²) in [6.45, 7) is -0.0749. The number of methoxy groups -OCH3 is 1. The zero-order valence-corrected chi connectivity index (χ0v) is 8.71. The van der Waals surface area contributed by atoms with Crippen molar-refractivity contribution in [3.05, 3.63) is 22.3 Å². The first-order chi connectivity index (χ1) is 6.19. The average Bonchev–Trinajstić information content (AvgIpc) is 2.16. The van der Waals surface area contributed by atoms with Gasteiger partial charge in [-0.25, -0.2) is 9.37 Å². The fraction of sp³-hybridized carbons (Fsp3) is 0.375. The number of nitrogens with two attached hydrogens (primary N) is 1. The molecule has 3 nitrogen and oxygen atoms in total. The lowest BCUT2D eigenvalue weighted by Gasteiger charge is -2.09. The monoisotopic (exact) mass is 248 g/mol. The minimum atomic E-state index is -1.24. The Balaban J connectivity index is 3.07. The number of rotatable bonds is 3. The first-order valence-electron chi connectivity index (χ1n) is 3.72. The lowest BCUT2D eigenvalue weighted by molar-refractivity contribution is 0.325. The van der Waals surface area contributed by atoms with Crippen LogP contribution in [0.4, 0.5) is 4.39 Å². The van der Waals surface area contributed by atoms with Crippen molar-refractivity contribution in [2.75, 3.05) is 13.7 Å². The van der Waals surface area contributed by atoms with E-state index in [0.717, 1.165) is 0 Å². The molecule has 0 saturated carbocycles. The Morgan fingerprint density at radius 1 is 1.77 bits per heavy atom. The third kappa shape index (κ3) is 2.38. The van der Waals surface area contributed by atoms with Crippen molar-refractivity contribution in [1.82, 2.24) is 4.98 Å². The Hall–Kier alpha value is -0.680. The standard InChI is InChI=1S/C8H10BrFN2O/c1-13-8-6(7(10)3-11)2-5(9)4-12-8/h2,4,7H,3,11H2,1H3. The molecule has 0 aliphatic rings. The Labute approximate surface area is 84.2 Å². The highest BCUT2D eigenvalue weighted by Gasteiger charge is 2.14. The first-order valence-corrected chi connectivity index (χ1v) is 4.52. The molecule has 1 aromatic rings. The molecule has 2 N–H and O–H groups in total. The van der Waals surface area contributed by atoms with Gasteiger partial charge in [-0.2, -0.15) is 0 Å². The number of hydrogen-bond acceptors (Lipinski definition) is 3. The molecule has 1 unspecified atom stereocenters. The Morgan fingerprint density at radius 2 is 2.46 bits per heavy atom. The van der Waals surface area contributed by atoms with Gasteiger partial charge in [0.1, 0.15) is 6.17 Å². The molecule has 0 saturated heterocycles. The maximum absolute atomic E-state index is 13.2. The Bertz CT molecular complexity index is 295. The van der Waals surface area contributed by atoms with Gasteiger partial charge < -0.3 is 10.5 Å². The van der Waals surface area contributed by atoms with Crippen LogP contribution >= 0.6 is 15.9 Å². The predicted octanol–water partition coefficient (Wildman–Crippen LogP) is 1.82. The summed E-state index contributed by atoms with van der Waals surface area (Å²) in [6, 6.07) is 1.61. The number of pyridine rings is 1. The summed E-state index contributed by atoms with van der Waals surface area (Å²) < 4.78 is 18.8. The van der Waals surface area contributed by atoms with Crippen LogP contribution < -0.4 is 10.5 Å². The molecule has 0 spiro atoms. The van der Waals surface area contributed by atoms with Crippen LogP contribution in [0, 0.1) is 0 Å². The Morgan fingerprint density at radius 3 is 3.00 bits per heavy atom. The van der Waals surface area contributed by atoms with E-state index in [4.69, 9.17) is 10.5 Å². The molecule has 0 radical (unpaired) electrons. The third-order valence-electron chi connectivity index (χ3n) is 1.58. The summed E-state index contributed by atoms with van der Waals surface area (Å²) in [5, 5.41) is 0. The first kappa shape index (κ1) is 10.4. The molecular formula is C8H10BrFN2O. The van der Waals surface area contributed by atoms with E-state index in [1.807, 2.05) is 0 Å². The predicted molar refractivity (Wildman–Crippen MR) is 51.4 cm³/mol. The van der Waals surface area contributed by atoms with Crippen LogP contribution in [0.3, 0.4) is 0 Å². The van der Waals surface area contributed by atoms with E-state index >= 15 is 0 Å². The van der Waals surface area contributed by atoms with Gasteiger partial charge in [0.25, 0.3) is 0 Å². The van der Waals surface area contributed by atoms with Crippen molar-refractivity contribution >= 4 is 15.9 Å². The van der Waals surface area contributed by atoms with Gasteiger partial charge in [-0.05, 0) is 22.0 Å². The Kier molecular flexibility index (Phi) is 3.62. The maximum Gasteiger partial charge on any atom is 0.219 e. The highest BCUT2D eigenvalue weighted by Crippen LogP contribution is 2.27. The van der Waals surface area contributed by atoms with Crippen molar-refractivity contribution in [1.29, 1.82) is 0 Å². The molecule has 0 aliphatic heterocycles. The zero-order chi connectivity index (χ0) is 9.84. The lowest BCUT2D eigenvalue weighted by Crippen LogP contribution is -2.09.